The van der Waals surface area contributed by atoms with E-state index in [9.17, 15) is 13.6 Å². The fourth-order valence-electron chi connectivity index (χ4n) is 2.04. The first-order chi connectivity index (χ1) is 8.08. The van der Waals surface area contributed by atoms with E-state index in [1.54, 1.807) is 0 Å². The van der Waals surface area contributed by atoms with E-state index < -0.39 is 11.6 Å². The van der Waals surface area contributed by atoms with Crippen molar-refractivity contribution < 1.29 is 18.8 Å². The molecule has 0 aromatic heterocycles. The number of hydrogen-bond donors (Lipinski definition) is 1. The topological polar surface area (TPSA) is 40.5 Å². The van der Waals surface area contributed by atoms with Crippen molar-refractivity contribution in [1.29, 1.82) is 0 Å². The maximum Gasteiger partial charge on any atom is 0.168 e. The number of hydroxylamine groups is 2. The van der Waals surface area contributed by atoms with Crippen molar-refractivity contribution in [3.05, 3.63) is 35.4 Å². The minimum Gasteiger partial charge on any atom is -0.314 e. The van der Waals surface area contributed by atoms with Crippen molar-refractivity contribution in [2.45, 2.75) is 12.8 Å². The number of piperidine rings is 1. The van der Waals surface area contributed by atoms with E-state index >= 15 is 0 Å². The summed E-state index contributed by atoms with van der Waals surface area (Å²) in [5.74, 6) is -2.11. The normalized spacial score (nSPS) is 18.3. The summed E-state index contributed by atoms with van der Waals surface area (Å²) in [5.41, 5.74) is -0.0669. The van der Waals surface area contributed by atoms with Crippen molar-refractivity contribution in [2.24, 2.45) is 5.92 Å². The van der Waals surface area contributed by atoms with Gasteiger partial charge in [0.25, 0.3) is 0 Å². The molecule has 92 valence electrons. The number of ketones is 1. The van der Waals surface area contributed by atoms with Crippen LogP contribution in [-0.2, 0) is 0 Å². The lowest BCUT2D eigenvalue weighted by atomic mass is 9.89. The third-order valence-corrected chi connectivity index (χ3v) is 3.04. The van der Waals surface area contributed by atoms with Gasteiger partial charge >= 0.3 is 0 Å². The summed E-state index contributed by atoms with van der Waals surface area (Å²) in [4.78, 5) is 12.0. The molecule has 0 aliphatic carbocycles. The molecule has 0 radical (unpaired) electrons. The molecular weight excluding hydrogens is 228 g/mol. The van der Waals surface area contributed by atoms with Crippen LogP contribution < -0.4 is 0 Å². The molecule has 0 spiro atoms. The zero-order valence-electron chi connectivity index (χ0n) is 9.20. The van der Waals surface area contributed by atoms with E-state index in [1.807, 2.05) is 0 Å². The summed E-state index contributed by atoms with van der Waals surface area (Å²) < 4.78 is 26.1. The number of carbonyl (C=O) groups is 1. The Labute approximate surface area is 97.6 Å². The van der Waals surface area contributed by atoms with Crippen LogP contribution in [0.15, 0.2) is 18.2 Å². The number of carbonyl (C=O) groups excluding carboxylic acids is 1. The van der Waals surface area contributed by atoms with Crippen molar-refractivity contribution in [1.82, 2.24) is 5.06 Å². The van der Waals surface area contributed by atoms with Gasteiger partial charge in [-0.3, -0.25) is 4.79 Å². The second kappa shape index (κ2) is 4.89. The Balaban J connectivity index is 2.14. The van der Waals surface area contributed by atoms with Crippen LogP contribution >= 0.6 is 0 Å². The predicted octanol–water partition coefficient (Wildman–Crippen LogP) is 2.25. The van der Waals surface area contributed by atoms with Gasteiger partial charge in [0.2, 0.25) is 0 Å². The Bertz CT molecular complexity index is 429. The number of hydrogen-bond acceptors (Lipinski definition) is 3. The molecule has 1 N–H and O–H groups in total. The van der Waals surface area contributed by atoms with E-state index in [1.165, 1.54) is 6.07 Å². The van der Waals surface area contributed by atoms with Gasteiger partial charge in [0.1, 0.15) is 11.6 Å². The third-order valence-electron chi connectivity index (χ3n) is 3.04. The number of halogens is 2. The van der Waals surface area contributed by atoms with Crippen molar-refractivity contribution in [2.75, 3.05) is 13.1 Å². The number of nitrogens with zero attached hydrogens (tertiary/aromatic N) is 1. The third kappa shape index (κ3) is 2.68. The van der Waals surface area contributed by atoms with Crippen molar-refractivity contribution in [3.8, 4) is 0 Å². The van der Waals surface area contributed by atoms with Crippen LogP contribution in [0.2, 0.25) is 0 Å². The summed E-state index contributed by atoms with van der Waals surface area (Å²) in [6, 6.07) is 2.98. The Hall–Kier alpha value is -1.33. The standard InChI is InChI=1S/C12H13F2NO2/c13-9-1-2-10(11(14)7-9)12(16)8-3-5-15(17)6-4-8/h1-2,7-8,17H,3-6H2. The van der Waals surface area contributed by atoms with Gasteiger partial charge in [-0.2, -0.15) is 5.06 Å². The second-order valence-corrected chi connectivity index (χ2v) is 4.22. The Morgan fingerprint density at radius 1 is 1.29 bits per heavy atom. The van der Waals surface area contributed by atoms with Gasteiger partial charge in [0.15, 0.2) is 5.78 Å². The van der Waals surface area contributed by atoms with Gasteiger partial charge < -0.3 is 5.21 Å². The van der Waals surface area contributed by atoms with Gasteiger partial charge in [-0.15, -0.1) is 0 Å². The highest BCUT2D eigenvalue weighted by Crippen LogP contribution is 2.22. The number of rotatable bonds is 2. The summed E-state index contributed by atoms with van der Waals surface area (Å²) in [7, 11) is 0. The minimum absolute atomic E-state index is 0.0669. The Morgan fingerprint density at radius 2 is 1.94 bits per heavy atom. The fraction of sp³-hybridized carbons (Fsp3) is 0.417. The van der Waals surface area contributed by atoms with Crippen LogP contribution in [0.4, 0.5) is 8.78 Å². The molecule has 0 bridgehead atoms. The van der Waals surface area contributed by atoms with Gasteiger partial charge in [-0.25, -0.2) is 8.78 Å². The van der Waals surface area contributed by atoms with E-state index in [-0.39, 0.29) is 17.3 Å². The molecule has 1 aromatic rings. The van der Waals surface area contributed by atoms with Crippen LogP contribution in [0.25, 0.3) is 0 Å². The molecule has 0 amide bonds. The zero-order chi connectivity index (χ0) is 12.4. The van der Waals surface area contributed by atoms with E-state index in [0.29, 0.717) is 32.0 Å². The van der Waals surface area contributed by atoms with Gasteiger partial charge in [-0.1, -0.05) is 0 Å². The minimum atomic E-state index is -0.818. The smallest absolute Gasteiger partial charge is 0.168 e. The SMILES string of the molecule is O=C(c1ccc(F)cc1F)C1CCN(O)CC1. The average molecular weight is 241 g/mol. The molecule has 0 saturated carbocycles. The van der Waals surface area contributed by atoms with Crippen LogP contribution in [0, 0.1) is 17.6 Å². The van der Waals surface area contributed by atoms with Crippen LogP contribution in [0.1, 0.15) is 23.2 Å². The molecular formula is C12H13F2NO2. The zero-order valence-corrected chi connectivity index (χ0v) is 9.20. The number of benzene rings is 1. The molecule has 1 aliphatic rings. The van der Waals surface area contributed by atoms with E-state index in [0.717, 1.165) is 11.1 Å². The molecule has 17 heavy (non-hydrogen) atoms. The van der Waals surface area contributed by atoms with Crippen molar-refractivity contribution >= 4 is 5.78 Å². The Kier molecular flexibility index (Phi) is 3.49. The van der Waals surface area contributed by atoms with Crippen LogP contribution in [-0.4, -0.2) is 29.1 Å². The monoisotopic (exact) mass is 241 g/mol. The highest BCUT2D eigenvalue weighted by Gasteiger charge is 2.26. The molecule has 1 aliphatic heterocycles. The Morgan fingerprint density at radius 3 is 2.53 bits per heavy atom. The van der Waals surface area contributed by atoms with Crippen LogP contribution in [0.5, 0.6) is 0 Å². The summed E-state index contributed by atoms with van der Waals surface area (Å²) in [5, 5.41) is 10.3. The van der Waals surface area contributed by atoms with Gasteiger partial charge in [-0.05, 0) is 25.0 Å². The van der Waals surface area contributed by atoms with E-state index in [2.05, 4.69) is 0 Å². The molecule has 1 saturated heterocycles. The van der Waals surface area contributed by atoms with Crippen LogP contribution in [0.3, 0.4) is 0 Å². The van der Waals surface area contributed by atoms with Gasteiger partial charge in [0, 0.05) is 25.1 Å². The highest BCUT2D eigenvalue weighted by atomic mass is 19.1. The quantitative estimate of drug-likeness (QED) is 0.807. The highest BCUT2D eigenvalue weighted by molar-refractivity contribution is 5.98. The molecule has 2 rings (SSSR count). The van der Waals surface area contributed by atoms with Crippen molar-refractivity contribution in [3.63, 3.8) is 0 Å². The van der Waals surface area contributed by atoms with E-state index in [4.69, 9.17) is 5.21 Å². The molecule has 1 fully saturated rings. The summed E-state index contributed by atoms with van der Waals surface area (Å²) >= 11 is 0. The lowest BCUT2D eigenvalue weighted by molar-refractivity contribution is -0.109. The summed E-state index contributed by atoms with van der Waals surface area (Å²) in [6.07, 6.45) is 0.984. The first-order valence-corrected chi connectivity index (χ1v) is 5.51. The molecule has 5 heteroatoms. The molecule has 3 nitrogen and oxygen atoms in total. The predicted molar refractivity (Wildman–Crippen MR) is 56.8 cm³/mol. The second-order valence-electron chi connectivity index (χ2n) is 4.22. The maximum atomic E-state index is 13.4. The summed E-state index contributed by atoms with van der Waals surface area (Å²) in [6.45, 7) is 0.804. The average Bonchev–Trinajstić information content (AvgIpc) is 2.29. The van der Waals surface area contributed by atoms with Gasteiger partial charge in [0.05, 0.1) is 5.56 Å². The number of Topliss-reactive ketones (excluding diaryl/α,β-unsaturated/α-hetero) is 1. The lowest BCUT2D eigenvalue weighted by Gasteiger charge is -2.26. The molecule has 0 unspecified atom stereocenters. The molecule has 1 heterocycles. The maximum absolute atomic E-state index is 13.4. The first-order valence-electron chi connectivity index (χ1n) is 5.51. The largest absolute Gasteiger partial charge is 0.314 e. The molecule has 1 aromatic carbocycles. The fourth-order valence-corrected chi connectivity index (χ4v) is 2.04. The lowest BCUT2D eigenvalue weighted by Crippen LogP contribution is -2.34. The molecule has 0 atom stereocenters. The first kappa shape index (κ1) is 12.1.